The highest BCUT2D eigenvalue weighted by molar-refractivity contribution is 5.62. The van der Waals surface area contributed by atoms with Crippen molar-refractivity contribution in [3.8, 4) is 5.75 Å². The average Bonchev–Trinajstić information content (AvgIpc) is 2.52. The molecule has 110 valence electrons. The molecular formula is C14H15N3O4. The average molecular weight is 289 g/mol. The van der Waals surface area contributed by atoms with Gasteiger partial charge in [0.1, 0.15) is 18.0 Å². The lowest BCUT2D eigenvalue weighted by molar-refractivity contribution is -0.384. The van der Waals surface area contributed by atoms with E-state index in [4.69, 9.17) is 15.7 Å². The Hall–Kier alpha value is -2.64. The second-order valence-electron chi connectivity index (χ2n) is 4.35. The van der Waals surface area contributed by atoms with E-state index in [2.05, 4.69) is 5.43 Å². The summed E-state index contributed by atoms with van der Waals surface area (Å²) < 4.78 is 5.58. The molecule has 0 saturated carbocycles. The molecule has 0 unspecified atom stereocenters. The molecule has 0 fully saturated rings. The monoisotopic (exact) mass is 289 g/mol. The summed E-state index contributed by atoms with van der Waals surface area (Å²) in [4.78, 5) is 10.3. The summed E-state index contributed by atoms with van der Waals surface area (Å²) in [5, 5.41) is 19.9. The molecule has 0 aliphatic rings. The molecule has 0 amide bonds. The Morgan fingerprint density at radius 3 is 2.71 bits per heavy atom. The van der Waals surface area contributed by atoms with Crippen molar-refractivity contribution < 1.29 is 14.8 Å². The summed E-state index contributed by atoms with van der Waals surface area (Å²) in [5.74, 6) is 5.89. The number of hydrogen-bond donors (Lipinski definition) is 3. The highest BCUT2D eigenvalue weighted by atomic mass is 16.6. The lowest BCUT2D eigenvalue weighted by Crippen LogP contribution is -2.10. The molecule has 0 heterocycles. The quantitative estimate of drug-likeness (QED) is 0.426. The lowest BCUT2D eigenvalue weighted by Gasteiger charge is -2.09. The number of rotatable bonds is 6. The van der Waals surface area contributed by atoms with Gasteiger partial charge >= 0.3 is 0 Å². The highest BCUT2D eigenvalue weighted by Gasteiger charge is 2.13. The first-order chi connectivity index (χ1) is 10.1. The van der Waals surface area contributed by atoms with E-state index < -0.39 is 4.92 Å². The molecule has 0 bridgehead atoms. The third-order valence-electron chi connectivity index (χ3n) is 2.90. The third-order valence-corrected chi connectivity index (χ3v) is 2.90. The Kier molecular flexibility index (Phi) is 4.70. The van der Waals surface area contributed by atoms with E-state index in [1.165, 1.54) is 6.07 Å². The van der Waals surface area contributed by atoms with E-state index >= 15 is 0 Å². The van der Waals surface area contributed by atoms with Gasteiger partial charge in [0.2, 0.25) is 0 Å². The minimum Gasteiger partial charge on any atom is -0.489 e. The molecule has 0 spiro atoms. The Morgan fingerprint density at radius 1 is 1.24 bits per heavy atom. The van der Waals surface area contributed by atoms with Crippen LogP contribution in [0.3, 0.4) is 0 Å². The summed E-state index contributed by atoms with van der Waals surface area (Å²) in [6, 6.07) is 11.6. The van der Waals surface area contributed by atoms with Gasteiger partial charge in [-0.05, 0) is 35.4 Å². The van der Waals surface area contributed by atoms with Crippen LogP contribution >= 0.6 is 0 Å². The standard InChI is InChI=1S/C14H15N3O4/c15-16-13-7-11(4-5-14(13)17(19)20)9-21-12-3-1-2-10(6-12)8-18/h1-7,16,18H,8-9,15H2. The van der Waals surface area contributed by atoms with Gasteiger partial charge in [-0.2, -0.15) is 0 Å². The van der Waals surface area contributed by atoms with Crippen molar-refractivity contribution in [3.63, 3.8) is 0 Å². The Bertz CT molecular complexity index is 646. The van der Waals surface area contributed by atoms with Crippen LogP contribution in [-0.4, -0.2) is 10.0 Å². The third kappa shape index (κ3) is 3.68. The number of nitrogens with two attached hydrogens (primary N) is 1. The molecule has 0 aliphatic carbocycles. The molecule has 0 radical (unpaired) electrons. The number of aliphatic hydroxyl groups excluding tert-OH is 1. The van der Waals surface area contributed by atoms with Crippen LogP contribution in [0.15, 0.2) is 42.5 Å². The molecule has 0 aliphatic heterocycles. The highest BCUT2D eigenvalue weighted by Crippen LogP contribution is 2.25. The first-order valence-corrected chi connectivity index (χ1v) is 6.20. The number of nitrogens with zero attached hydrogens (tertiary/aromatic N) is 1. The van der Waals surface area contributed by atoms with Gasteiger partial charge in [-0.15, -0.1) is 0 Å². The van der Waals surface area contributed by atoms with Gasteiger partial charge in [0.15, 0.2) is 0 Å². The molecule has 0 saturated heterocycles. The van der Waals surface area contributed by atoms with Crippen LogP contribution in [-0.2, 0) is 13.2 Å². The van der Waals surface area contributed by atoms with Crippen molar-refractivity contribution >= 4 is 11.4 Å². The van der Waals surface area contributed by atoms with Gasteiger partial charge < -0.3 is 15.3 Å². The van der Waals surface area contributed by atoms with Crippen LogP contribution in [0.4, 0.5) is 11.4 Å². The number of hydrazine groups is 1. The zero-order valence-corrected chi connectivity index (χ0v) is 11.2. The van der Waals surface area contributed by atoms with Gasteiger partial charge in [0.05, 0.1) is 11.5 Å². The number of ether oxygens (including phenoxy) is 1. The number of nitro benzene ring substituents is 1. The second-order valence-corrected chi connectivity index (χ2v) is 4.35. The zero-order chi connectivity index (χ0) is 15.2. The number of aliphatic hydroxyl groups is 1. The van der Waals surface area contributed by atoms with Crippen molar-refractivity contribution in [2.75, 3.05) is 5.43 Å². The Morgan fingerprint density at radius 2 is 2.05 bits per heavy atom. The summed E-state index contributed by atoms with van der Waals surface area (Å²) in [7, 11) is 0. The molecule has 0 atom stereocenters. The van der Waals surface area contributed by atoms with Crippen LogP contribution < -0.4 is 16.0 Å². The first kappa shape index (κ1) is 14.8. The van der Waals surface area contributed by atoms with Crippen LogP contribution in [0.1, 0.15) is 11.1 Å². The van der Waals surface area contributed by atoms with Crippen LogP contribution in [0.2, 0.25) is 0 Å². The van der Waals surface area contributed by atoms with Gasteiger partial charge in [-0.3, -0.25) is 16.0 Å². The van der Waals surface area contributed by atoms with E-state index in [0.29, 0.717) is 5.75 Å². The number of hydrogen-bond acceptors (Lipinski definition) is 6. The maximum atomic E-state index is 10.8. The molecule has 21 heavy (non-hydrogen) atoms. The molecule has 2 aromatic carbocycles. The van der Waals surface area contributed by atoms with Crippen molar-refractivity contribution in [1.29, 1.82) is 0 Å². The van der Waals surface area contributed by atoms with Crippen LogP contribution in [0.5, 0.6) is 5.75 Å². The van der Waals surface area contributed by atoms with Crippen molar-refractivity contribution in [2.24, 2.45) is 5.84 Å². The lowest BCUT2D eigenvalue weighted by atomic mass is 10.2. The van der Waals surface area contributed by atoms with Gasteiger partial charge in [-0.1, -0.05) is 12.1 Å². The largest absolute Gasteiger partial charge is 0.489 e. The van der Waals surface area contributed by atoms with Crippen molar-refractivity contribution in [3.05, 3.63) is 63.7 Å². The van der Waals surface area contributed by atoms with E-state index in [1.54, 1.807) is 36.4 Å². The summed E-state index contributed by atoms with van der Waals surface area (Å²) >= 11 is 0. The maximum absolute atomic E-state index is 10.8. The summed E-state index contributed by atoms with van der Waals surface area (Å²) in [5.41, 5.74) is 3.93. The van der Waals surface area contributed by atoms with E-state index in [-0.39, 0.29) is 24.6 Å². The van der Waals surface area contributed by atoms with E-state index in [9.17, 15) is 10.1 Å². The van der Waals surface area contributed by atoms with Gasteiger partial charge in [0, 0.05) is 6.07 Å². The van der Waals surface area contributed by atoms with Crippen molar-refractivity contribution in [2.45, 2.75) is 13.2 Å². The maximum Gasteiger partial charge on any atom is 0.293 e. The molecule has 2 aromatic rings. The number of benzene rings is 2. The van der Waals surface area contributed by atoms with Gasteiger partial charge in [-0.25, -0.2) is 0 Å². The van der Waals surface area contributed by atoms with Gasteiger partial charge in [0.25, 0.3) is 5.69 Å². The number of anilines is 1. The fraction of sp³-hybridized carbons (Fsp3) is 0.143. The molecule has 7 nitrogen and oxygen atoms in total. The molecule has 4 N–H and O–H groups in total. The molecule has 2 rings (SSSR count). The second kappa shape index (κ2) is 6.69. The Balaban J connectivity index is 2.11. The topological polar surface area (TPSA) is 111 Å². The number of nitrogens with one attached hydrogen (secondary N) is 1. The minimum absolute atomic E-state index is 0.0596. The van der Waals surface area contributed by atoms with Crippen LogP contribution in [0.25, 0.3) is 0 Å². The predicted octanol–water partition coefficient (Wildman–Crippen LogP) is 1.95. The van der Waals surface area contributed by atoms with E-state index in [0.717, 1.165) is 11.1 Å². The normalized spacial score (nSPS) is 10.2. The van der Waals surface area contributed by atoms with Crippen molar-refractivity contribution in [1.82, 2.24) is 0 Å². The molecular weight excluding hydrogens is 274 g/mol. The summed E-state index contributed by atoms with van der Waals surface area (Å²) in [6.45, 7) is 0.178. The van der Waals surface area contributed by atoms with Crippen LogP contribution in [0, 0.1) is 10.1 Å². The SMILES string of the molecule is NNc1cc(COc2cccc(CO)c2)ccc1[N+](=O)[O-]. The fourth-order valence-corrected chi connectivity index (χ4v) is 1.85. The zero-order valence-electron chi connectivity index (χ0n) is 11.2. The number of nitrogen functional groups attached to an aromatic ring is 1. The fourth-order valence-electron chi connectivity index (χ4n) is 1.85. The molecule has 7 heteroatoms. The Labute approximate surface area is 121 Å². The smallest absolute Gasteiger partial charge is 0.293 e. The minimum atomic E-state index is -0.509. The van der Waals surface area contributed by atoms with E-state index in [1.807, 2.05) is 0 Å². The summed E-state index contributed by atoms with van der Waals surface area (Å²) in [6.07, 6.45) is 0. The predicted molar refractivity (Wildman–Crippen MR) is 77.6 cm³/mol. The first-order valence-electron chi connectivity index (χ1n) is 6.20. The number of nitro groups is 1. The molecule has 0 aromatic heterocycles.